The number of imidazole rings is 1. The van der Waals surface area contributed by atoms with Crippen molar-refractivity contribution in [3.05, 3.63) is 76.5 Å². The summed E-state index contributed by atoms with van der Waals surface area (Å²) in [5.41, 5.74) is 2.22. The first kappa shape index (κ1) is 25.3. The Labute approximate surface area is 230 Å². The van der Waals surface area contributed by atoms with Crippen LogP contribution in [0.4, 0.5) is 13.2 Å². The number of rotatable bonds is 7. The second kappa shape index (κ2) is 9.46. The van der Waals surface area contributed by atoms with Crippen LogP contribution in [0.2, 0.25) is 0 Å². The Morgan fingerprint density at radius 2 is 1.76 bits per heavy atom. The predicted molar refractivity (Wildman–Crippen MR) is 141 cm³/mol. The molecule has 5 aromatic rings. The fraction of sp³-hybridized carbons (Fsp3) is 0.321. The SMILES string of the molecule is COc1ncnc(C2CC2)c1-c1ncc2ncc(=O)n(Cc3ccc(-c4nc(C(F)(F)F)cn4C4CC4)cc3)c2n1. The number of halogens is 3. The molecular weight excluding hydrogens is 537 g/mol. The molecule has 0 amide bonds. The summed E-state index contributed by atoms with van der Waals surface area (Å²) in [7, 11) is 1.52. The van der Waals surface area contributed by atoms with Crippen LogP contribution in [-0.4, -0.2) is 46.1 Å². The minimum Gasteiger partial charge on any atom is -0.480 e. The molecule has 2 aliphatic rings. The van der Waals surface area contributed by atoms with Gasteiger partial charge in [0.1, 0.15) is 23.2 Å². The smallest absolute Gasteiger partial charge is 0.434 e. The first-order chi connectivity index (χ1) is 19.8. The highest BCUT2D eigenvalue weighted by atomic mass is 19.4. The summed E-state index contributed by atoms with van der Waals surface area (Å²) in [4.78, 5) is 39.0. The number of fused-ring (bicyclic) bond motifs is 1. The van der Waals surface area contributed by atoms with Crippen molar-refractivity contribution in [2.45, 2.75) is 50.4 Å². The molecule has 208 valence electrons. The van der Waals surface area contributed by atoms with Gasteiger partial charge in [-0.05, 0) is 31.2 Å². The lowest BCUT2D eigenvalue weighted by molar-refractivity contribution is -0.140. The molecule has 0 atom stereocenters. The van der Waals surface area contributed by atoms with Gasteiger partial charge in [-0.1, -0.05) is 24.3 Å². The summed E-state index contributed by atoms with van der Waals surface area (Å²) < 4.78 is 48.7. The van der Waals surface area contributed by atoms with Gasteiger partial charge in [0.15, 0.2) is 17.2 Å². The van der Waals surface area contributed by atoms with Crippen LogP contribution in [0, 0.1) is 0 Å². The fourth-order valence-electron chi connectivity index (χ4n) is 4.96. The van der Waals surface area contributed by atoms with Gasteiger partial charge in [0, 0.05) is 23.7 Å². The lowest BCUT2D eigenvalue weighted by atomic mass is 10.1. The minimum absolute atomic E-state index is 0.0259. The van der Waals surface area contributed by atoms with Crippen molar-refractivity contribution in [1.29, 1.82) is 0 Å². The van der Waals surface area contributed by atoms with Crippen molar-refractivity contribution in [1.82, 2.24) is 39.0 Å². The van der Waals surface area contributed by atoms with Crippen LogP contribution in [0.25, 0.3) is 33.9 Å². The first-order valence-corrected chi connectivity index (χ1v) is 13.2. The number of ether oxygens (including phenoxy) is 1. The average Bonchev–Trinajstić information content (AvgIpc) is 3.92. The number of aromatic nitrogens is 8. The highest BCUT2D eigenvalue weighted by Gasteiger charge is 2.37. The topological polar surface area (TPSA) is 114 Å². The van der Waals surface area contributed by atoms with E-state index in [-0.39, 0.29) is 29.9 Å². The monoisotopic (exact) mass is 560 g/mol. The van der Waals surface area contributed by atoms with Crippen molar-refractivity contribution < 1.29 is 17.9 Å². The zero-order chi connectivity index (χ0) is 28.3. The summed E-state index contributed by atoms with van der Waals surface area (Å²) in [5, 5.41) is 0. The highest BCUT2D eigenvalue weighted by Crippen LogP contribution is 2.45. The van der Waals surface area contributed by atoms with E-state index in [1.54, 1.807) is 35.0 Å². The van der Waals surface area contributed by atoms with E-state index >= 15 is 0 Å². The van der Waals surface area contributed by atoms with Gasteiger partial charge in [0.2, 0.25) is 5.88 Å². The highest BCUT2D eigenvalue weighted by molar-refractivity contribution is 5.74. The van der Waals surface area contributed by atoms with Crippen LogP contribution < -0.4 is 10.3 Å². The Kier molecular flexibility index (Phi) is 5.84. The lowest BCUT2D eigenvalue weighted by Gasteiger charge is -2.13. The summed E-state index contributed by atoms with van der Waals surface area (Å²) in [6.07, 6.45) is 4.44. The summed E-state index contributed by atoms with van der Waals surface area (Å²) in [6.45, 7) is 0.164. The van der Waals surface area contributed by atoms with Crippen LogP contribution in [0.15, 0.2) is 54.0 Å². The van der Waals surface area contributed by atoms with E-state index in [1.165, 1.54) is 24.2 Å². The van der Waals surface area contributed by atoms with E-state index in [2.05, 4.69) is 24.9 Å². The molecule has 0 unspecified atom stereocenters. The largest absolute Gasteiger partial charge is 0.480 e. The first-order valence-electron chi connectivity index (χ1n) is 13.2. The molecule has 2 fully saturated rings. The maximum Gasteiger partial charge on any atom is 0.434 e. The van der Waals surface area contributed by atoms with Crippen LogP contribution >= 0.6 is 0 Å². The van der Waals surface area contributed by atoms with Gasteiger partial charge in [-0.2, -0.15) is 13.2 Å². The molecule has 2 saturated carbocycles. The molecule has 13 heteroatoms. The van der Waals surface area contributed by atoms with Crippen LogP contribution in [0.3, 0.4) is 0 Å². The van der Waals surface area contributed by atoms with Gasteiger partial charge in [-0.3, -0.25) is 9.36 Å². The summed E-state index contributed by atoms with van der Waals surface area (Å²) in [5.74, 6) is 1.24. The van der Waals surface area contributed by atoms with Gasteiger partial charge in [0.05, 0.1) is 31.7 Å². The Morgan fingerprint density at radius 1 is 0.976 bits per heavy atom. The van der Waals surface area contributed by atoms with Gasteiger partial charge >= 0.3 is 6.18 Å². The second-order valence-corrected chi connectivity index (χ2v) is 10.3. The molecule has 0 radical (unpaired) electrons. The molecule has 2 aliphatic carbocycles. The van der Waals surface area contributed by atoms with Gasteiger partial charge in [0.25, 0.3) is 5.56 Å². The zero-order valence-electron chi connectivity index (χ0n) is 21.8. The van der Waals surface area contributed by atoms with E-state index in [4.69, 9.17) is 9.72 Å². The lowest BCUT2D eigenvalue weighted by Crippen LogP contribution is -2.22. The van der Waals surface area contributed by atoms with E-state index < -0.39 is 11.9 Å². The number of methoxy groups -OCH3 is 1. The molecule has 41 heavy (non-hydrogen) atoms. The van der Waals surface area contributed by atoms with Crippen molar-refractivity contribution >= 4 is 11.2 Å². The molecule has 0 spiro atoms. The van der Waals surface area contributed by atoms with E-state index in [0.717, 1.165) is 43.1 Å². The maximum absolute atomic E-state index is 13.4. The molecule has 7 rings (SSSR count). The molecular formula is C28H23F3N8O2. The van der Waals surface area contributed by atoms with Crippen molar-refractivity contribution in [2.75, 3.05) is 7.11 Å². The van der Waals surface area contributed by atoms with E-state index in [0.29, 0.717) is 34.0 Å². The second-order valence-electron chi connectivity index (χ2n) is 10.3. The van der Waals surface area contributed by atoms with E-state index in [1.807, 2.05) is 0 Å². The Bertz CT molecular complexity index is 1840. The normalized spacial score (nSPS) is 15.4. The number of nitrogens with zero attached hydrogens (tertiary/aromatic N) is 8. The number of hydrogen-bond donors (Lipinski definition) is 0. The fourth-order valence-corrected chi connectivity index (χ4v) is 4.96. The third kappa shape index (κ3) is 4.70. The van der Waals surface area contributed by atoms with Crippen LogP contribution in [0.1, 0.15) is 54.6 Å². The predicted octanol–water partition coefficient (Wildman–Crippen LogP) is 4.80. The zero-order valence-corrected chi connectivity index (χ0v) is 21.8. The summed E-state index contributed by atoms with van der Waals surface area (Å²) >= 11 is 0. The van der Waals surface area contributed by atoms with Crippen molar-refractivity contribution in [3.8, 4) is 28.7 Å². The molecule has 0 N–H and O–H groups in total. The maximum atomic E-state index is 13.4. The third-order valence-electron chi connectivity index (χ3n) is 7.32. The molecule has 1 aromatic carbocycles. The van der Waals surface area contributed by atoms with Gasteiger partial charge < -0.3 is 9.30 Å². The quantitative estimate of drug-likeness (QED) is 0.279. The van der Waals surface area contributed by atoms with Crippen LogP contribution in [-0.2, 0) is 12.7 Å². The van der Waals surface area contributed by atoms with Crippen LogP contribution in [0.5, 0.6) is 5.88 Å². The molecule has 4 aromatic heterocycles. The minimum atomic E-state index is -4.52. The standard InChI is InChI=1S/C28H23F3N8O2/c1-41-27-22(23(16-6-7-16)34-14-35-27)24-33-10-19-26(37-24)39(21(40)11-32-19)12-15-2-4-17(5-3-15)25-36-20(28(29,30)31)13-38(25)18-8-9-18/h2-5,10-11,13-14,16,18H,6-9,12H2,1H3. The van der Waals surface area contributed by atoms with E-state index in [9.17, 15) is 18.0 Å². The van der Waals surface area contributed by atoms with Gasteiger partial charge in [-0.25, -0.2) is 29.9 Å². The Morgan fingerprint density at radius 3 is 2.44 bits per heavy atom. The van der Waals surface area contributed by atoms with Crippen molar-refractivity contribution in [2.24, 2.45) is 0 Å². The molecule has 0 saturated heterocycles. The Balaban J connectivity index is 1.25. The molecule has 4 heterocycles. The summed E-state index contributed by atoms with van der Waals surface area (Å²) in [6, 6.07) is 7.01. The average molecular weight is 561 g/mol. The number of alkyl halides is 3. The number of hydrogen-bond acceptors (Lipinski definition) is 8. The number of benzene rings is 1. The van der Waals surface area contributed by atoms with Gasteiger partial charge in [-0.15, -0.1) is 0 Å². The molecule has 10 nitrogen and oxygen atoms in total. The molecule has 0 bridgehead atoms. The molecule has 0 aliphatic heterocycles. The van der Waals surface area contributed by atoms with Crippen molar-refractivity contribution in [3.63, 3.8) is 0 Å². The third-order valence-corrected chi connectivity index (χ3v) is 7.32. The Hall–Kier alpha value is -4.68.